The molecule has 1 aromatic carbocycles. The lowest BCUT2D eigenvalue weighted by atomic mass is 10.0. The second-order valence-electron chi connectivity index (χ2n) is 7.09. The fourth-order valence-electron chi connectivity index (χ4n) is 3.33. The van der Waals surface area contributed by atoms with Crippen LogP contribution in [0.15, 0.2) is 24.3 Å². The Morgan fingerprint density at radius 3 is 2.04 bits per heavy atom. The number of benzene rings is 1. The van der Waals surface area contributed by atoms with E-state index in [-0.39, 0.29) is 0 Å². The van der Waals surface area contributed by atoms with Gasteiger partial charge in [0.2, 0.25) is 0 Å². The highest BCUT2D eigenvalue weighted by molar-refractivity contribution is 7.86. The first-order valence-corrected chi connectivity index (χ1v) is 10.5. The molecule has 3 rings (SSSR count). The van der Waals surface area contributed by atoms with Gasteiger partial charge in [-0.25, -0.2) is 0 Å². The summed E-state index contributed by atoms with van der Waals surface area (Å²) >= 11 is 0. The summed E-state index contributed by atoms with van der Waals surface area (Å²) in [6.45, 7) is 9.85. The van der Waals surface area contributed by atoms with Crippen LogP contribution in [-0.2, 0) is 21.5 Å². The molecule has 0 aromatic heterocycles. The summed E-state index contributed by atoms with van der Waals surface area (Å²) < 4.78 is 33.8. The summed E-state index contributed by atoms with van der Waals surface area (Å²) in [4.78, 5) is 2.33. The first kappa shape index (κ1) is 18.8. The number of rotatable bonds is 5. The van der Waals surface area contributed by atoms with Crippen molar-refractivity contribution < 1.29 is 13.2 Å². The van der Waals surface area contributed by atoms with Gasteiger partial charge < -0.3 is 4.74 Å². The average molecular weight is 368 g/mol. The van der Waals surface area contributed by atoms with Crippen molar-refractivity contribution in [3.8, 4) is 0 Å². The van der Waals surface area contributed by atoms with Gasteiger partial charge in [-0.2, -0.15) is 17.0 Å². The van der Waals surface area contributed by atoms with Gasteiger partial charge >= 0.3 is 0 Å². The van der Waals surface area contributed by atoms with Crippen LogP contribution in [0.2, 0.25) is 0 Å². The van der Waals surface area contributed by atoms with Crippen molar-refractivity contribution in [1.29, 1.82) is 0 Å². The molecule has 25 heavy (non-hydrogen) atoms. The van der Waals surface area contributed by atoms with Gasteiger partial charge in [-0.05, 0) is 17.0 Å². The largest absolute Gasteiger partial charge is 0.379 e. The molecule has 0 aliphatic carbocycles. The molecule has 0 amide bonds. The predicted molar refractivity (Wildman–Crippen MR) is 98.7 cm³/mol. The zero-order valence-corrected chi connectivity index (χ0v) is 16.0. The van der Waals surface area contributed by atoms with Crippen LogP contribution in [0.1, 0.15) is 30.9 Å². The van der Waals surface area contributed by atoms with Crippen molar-refractivity contribution >= 4 is 10.2 Å². The molecule has 0 unspecified atom stereocenters. The van der Waals surface area contributed by atoms with Crippen molar-refractivity contribution in [3.05, 3.63) is 35.4 Å². The zero-order valence-electron chi connectivity index (χ0n) is 15.2. The Bertz CT molecular complexity index is 647. The standard InChI is InChI=1S/C18H29N3O3S/c1-16(2)18-5-3-17(4-6-18)15-19-7-9-20(10-8-19)25(22,23)21-11-13-24-14-12-21/h3-6,16H,7-15H2,1-2H3. The van der Waals surface area contributed by atoms with Gasteiger partial charge in [0.1, 0.15) is 0 Å². The molecule has 7 heteroatoms. The van der Waals surface area contributed by atoms with E-state index in [0.717, 1.165) is 19.6 Å². The Morgan fingerprint density at radius 2 is 1.48 bits per heavy atom. The van der Waals surface area contributed by atoms with Crippen LogP contribution in [0.25, 0.3) is 0 Å². The lowest BCUT2D eigenvalue weighted by Crippen LogP contribution is -2.54. The van der Waals surface area contributed by atoms with Crippen molar-refractivity contribution in [2.75, 3.05) is 52.5 Å². The van der Waals surface area contributed by atoms with Crippen LogP contribution in [0, 0.1) is 0 Å². The molecular weight excluding hydrogens is 338 g/mol. The molecule has 2 saturated heterocycles. The number of hydrogen-bond donors (Lipinski definition) is 0. The maximum Gasteiger partial charge on any atom is 0.282 e. The van der Waals surface area contributed by atoms with Gasteiger partial charge in [0.25, 0.3) is 10.2 Å². The van der Waals surface area contributed by atoms with E-state index >= 15 is 0 Å². The van der Waals surface area contributed by atoms with Crippen LogP contribution in [0.5, 0.6) is 0 Å². The minimum absolute atomic E-state index is 0.463. The molecule has 0 spiro atoms. The third-order valence-electron chi connectivity index (χ3n) is 5.01. The number of ether oxygens (including phenoxy) is 1. The lowest BCUT2D eigenvalue weighted by Gasteiger charge is -2.37. The molecule has 1 aromatic rings. The van der Waals surface area contributed by atoms with E-state index < -0.39 is 10.2 Å². The molecule has 140 valence electrons. The Kier molecular flexibility index (Phi) is 6.12. The van der Waals surface area contributed by atoms with Crippen LogP contribution in [0.3, 0.4) is 0 Å². The molecule has 2 aliphatic rings. The van der Waals surface area contributed by atoms with E-state index in [1.54, 1.807) is 8.61 Å². The summed E-state index contributed by atoms with van der Waals surface area (Å²) in [6.07, 6.45) is 0. The van der Waals surface area contributed by atoms with E-state index in [1.807, 2.05) is 0 Å². The maximum atomic E-state index is 12.7. The third-order valence-corrected chi connectivity index (χ3v) is 7.04. The number of hydrogen-bond acceptors (Lipinski definition) is 4. The van der Waals surface area contributed by atoms with Crippen molar-refractivity contribution in [3.63, 3.8) is 0 Å². The Hall–Kier alpha value is -0.990. The topological polar surface area (TPSA) is 53.1 Å². The molecule has 2 aliphatic heterocycles. The fourth-order valence-corrected chi connectivity index (χ4v) is 4.89. The molecule has 2 fully saturated rings. The molecule has 0 saturated carbocycles. The number of nitrogens with zero attached hydrogens (tertiary/aromatic N) is 3. The summed E-state index contributed by atoms with van der Waals surface area (Å²) in [7, 11) is -3.34. The third kappa shape index (κ3) is 4.60. The first-order valence-electron chi connectivity index (χ1n) is 9.11. The molecule has 0 N–H and O–H groups in total. The Labute approximate surface area is 151 Å². The van der Waals surface area contributed by atoms with E-state index in [1.165, 1.54) is 11.1 Å². The van der Waals surface area contributed by atoms with Crippen LogP contribution < -0.4 is 0 Å². The van der Waals surface area contributed by atoms with Crippen LogP contribution in [-0.4, -0.2) is 74.4 Å². The normalized spacial score (nSPS) is 21.7. The highest BCUT2D eigenvalue weighted by atomic mass is 32.2. The molecule has 0 atom stereocenters. The van der Waals surface area contributed by atoms with Crippen LogP contribution in [0.4, 0.5) is 0 Å². The van der Waals surface area contributed by atoms with Gasteiger partial charge in [-0.1, -0.05) is 38.1 Å². The minimum Gasteiger partial charge on any atom is -0.379 e. The number of morpholine rings is 1. The van der Waals surface area contributed by atoms with E-state index in [0.29, 0.717) is 45.3 Å². The Morgan fingerprint density at radius 1 is 0.920 bits per heavy atom. The second kappa shape index (κ2) is 8.14. The van der Waals surface area contributed by atoms with Crippen LogP contribution >= 0.6 is 0 Å². The molecular formula is C18H29N3O3S. The smallest absolute Gasteiger partial charge is 0.282 e. The highest BCUT2D eigenvalue weighted by Gasteiger charge is 2.33. The SMILES string of the molecule is CC(C)c1ccc(CN2CCN(S(=O)(=O)N3CCOCC3)CC2)cc1. The van der Waals surface area contributed by atoms with Gasteiger partial charge in [-0.3, -0.25) is 4.90 Å². The van der Waals surface area contributed by atoms with E-state index in [4.69, 9.17) is 4.74 Å². The first-order chi connectivity index (χ1) is 12.0. The second-order valence-corrected chi connectivity index (χ2v) is 9.02. The van der Waals surface area contributed by atoms with Crippen molar-refractivity contribution in [2.45, 2.75) is 26.3 Å². The quantitative estimate of drug-likeness (QED) is 0.792. The van der Waals surface area contributed by atoms with Crippen molar-refractivity contribution in [2.24, 2.45) is 0 Å². The molecule has 0 bridgehead atoms. The highest BCUT2D eigenvalue weighted by Crippen LogP contribution is 2.18. The fraction of sp³-hybridized carbons (Fsp3) is 0.667. The predicted octanol–water partition coefficient (Wildman–Crippen LogP) is 1.50. The van der Waals surface area contributed by atoms with Crippen molar-refractivity contribution in [1.82, 2.24) is 13.5 Å². The minimum atomic E-state index is -3.34. The monoisotopic (exact) mass is 367 g/mol. The van der Waals surface area contributed by atoms with Gasteiger partial charge in [0.05, 0.1) is 13.2 Å². The van der Waals surface area contributed by atoms with E-state index in [9.17, 15) is 8.42 Å². The average Bonchev–Trinajstić information content (AvgIpc) is 2.63. The molecule has 0 radical (unpaired) electrons. The molecule has 2 heterocycles. The maximum absolute atomic E-state index is 12.7. The van der Waals surface area contributed by atoms with Gasteiger partial charge in [-0.15, -0.1) is 0 Å². The summed E-state index contributed by atoms with van der Waals surface area (Å²) in [6, 6.07) is 8.76. The summed E-state index contributed by atoms with van der Waals surface area (Å²) in [5.41, 5.74) is 2.64. The van der Waals surface area contributed by atoms with Gasteiger partial charge in [0.15, 0.2) is 0 Å². The lowest BCUT2D eigenvalue weighted by molar-refractivity contribution is 0.0684. The molecule has 6 nitrogen and oxygen atoms in total. The van der Waals surface area contributed by atoms with Gasteiger partial charge in [0, 0.05) is 45.8 Å². The summed E-state index contributed by atoms with van der Waals surface area (Å²) in [5, 5.41) is 0. The number of piperazine rings is 1. The zero-order chi connectivity index (χ0) is 17.9. The Balaban J connectivity index is 1.53. The van der Waals surface area contributed by atoms with E-state index in [2.05, 4.69) is 43.0 Å². The summed E-state index contributed by atoms with van der Waals surface area (Å²) in [5.74, 6) is 0.544.